The van der Waals surface area contributed by atoms with Crippen LogP contribution in [0.5, 0.6) is 0 Å². The molecular weight excluding hydrogens is 701 g/mol. The summed E-state index contributed by atoms with van der Waals surface area (Å²) in [6.07, 6.45) is 47.6. The molecule has 330 valence electrons. The molecule has 5 heteroatoms. The molecule has 1 aliphatic carbocycles. The molecule has 5 nitrogen and oxygen atoms in total. The predicted octanol–water partition coefficient (Wildman–Crippen LogP) is 16.1. The van der Waals surface area contributed by atoms with Crippen molar-refractivity contribution in [2.75, 3.05) is 19.6 Å². The normalized spacial score (nSPS) is 15.5. The van der Waals surface area contributed by atoms with Crippen LogP contribution in [0.4, 0.5) is 4.79 Å². The van der Waals surface area contributed by atoms with Crippen molar-refractivity contribution in [2.45, 2.75) is 252 Å². The lowest BCUT2D eigenvalue weighted by molar-refractivity contribution is -0.137. The van der Waals surface area contributed by atoms with E-state index in [0.717, 1.165) is 57.2 Å². The Hall–Kier alpha value is -2.04. The molecule has 2 amide bonds. The molecule has 1 saturated carbocycles. The lowest BCUT2D eigenvalue weighted by Crippen LogP contribution is -2.40. The van der Waals surface area contributed by atoms with Crippen molar-refractivity contribution in [3.05, 3.63) is 35.9 Å². The highest BCUT2D eigenvalue weighted by molar-refractivity contribution is 5.79. The topological polar surface area (TPSA) is 58.6 Å². The number of hydrogen-bond donors (Lipinski definition) is 1. The van der Waals surface area contributed by atoms with Crippen LogP contribution in [0.3, 0.4) is 0 Å². The monoisotopic (exact) mass is 795 g/mol. The van der Waals surface area contributed by atoms with Gasteiger partial charge in [-0.25, -0.2) is 4.79 Å². The highest BCUT2D eigenvalue weighted by Crippen LogP contribution is 2.30. The minimum Gasteiger partial charge on any atom is -0.445 e. The fourth-order valence-corrected chi connectivity index (χ4v) is 8.91. The van der Waals surface area contributed by atoms with Gasteiger partial charge in [0, 0.05) is 25.6 Å². The molecule has 1 fully saturated rings. The Kier molecular flexibility index (Phi) is 34.2. The first-order chi connectivity index (χ1) is 28.1. The molecule has 0 aromatic heterocycles. The van der Waals surface area contributed by atoms with Gasteiger partial charge in [0.25, 0.3) is 0 Å². The highest BCUT2D eigenvalue weighted by Gasteiger charge is 2.29. The van der Waals surface area contributed by atoms with Crippen LogP contribution in [0.2, 0.25) is 0 Å². The Labute approximate surface area is 354 Å². The number of ether oxygens (including phenoxy) is 1. The van der Waals surface area contributed by atoms with Crippen LogP contribution in [-0.4, -0.2) is 36.5 Å². The van der Waals surface area contributed by atoms with Crippen molar-refractivity contribution in [2.24, 2.45) is 11.8 Å². The minimum atomic E-state index is -0.346. The summed E-state index contributed by atoms with van der Waals surface area (Å²) in [4.78, 5) is 28.5. The number of nitrogens with zero attached hydrogens (tertiary/aromatic N) is 1. The van der Waals surface area contributed by atoms with Gasteiger partial charge in [-0.3, -0.25) is 4.79 Å². The largest absolute Gasteiger partial charge is 0.445 e. The van der Waals surface area contributed by atoms with E-state index in [1.807, 2.05) is 30.3 Å². The maximum absolute atomic E-state index is 13.9. The molecule has 57 heavy (non-hydrogen) atoms. The fraction of sp³-hybridized carbons (Fsp3) is 0.846. The lowest BCUT2D eigenvalue weighted by Gasteiger charge is -2.32. The van der Waals surface area contributed by atoms with Gasteiger partial charge in [0.2, 0.25) is 5.91 Å². The maximum Gasteiger partial charge on any atom is 0.407 e. The van der Waals surface area contributed by atoms with Crippen LogP contribution in [-0.2, 0) is 16.1 Å². The van der Waals surface area contributed by atoms with Gasteiger partial charge in [-0.15, -0.1) is 0 Å². The molecule has 0 heterocycles. The van der Waals surface area contributed by atoms with Crippen LogP contribution >= 0.6 is 0 Å². The van der Waals surface area contributed by atoms with Gasteiger partial charge in [-0.05, 0) is 50.0 Å². The van der Waals surface area contributed by atoms with E-state index in [1.54, 1.807) is 0 Å². The minimum absolute atomic E-state index is 0.147. The van der Waals surface area contributed by atoms with Gasteiger partial charge in [0.1, 0.15) is 6.61 Å². The SMILES string of the molecule is CCCCCCCCCCCCCCCCCCN(CCCCCCCCCCCCCCCCCC)C(=O)C1CCC(CNC(=O)OCc2ccccc2)CC1. The summed E-state index contributed by atoms with van der Waals surface area (Å²) in [7, 11) is 0. The van der Waals surface area contributed by atoms with Crippen LogP contribution in [0.1, 0.15) is 251 Å². The molecule has 1 aromatic carbocycles. The number of unbranched alkanes of at least 4 members (excludes halogenated alkanes) is 30. The average Bonchev–Trinajstić information content (AvgIpc) is 3.24. The molecular formula is C52H94N2O3. The quantitative estimate of drug-likeness (QED) is 0.0675. The van der Waals surface area contributed by atoms with E-state index in [9.17, 15) is 9.59 Å². The van der Waals surface area contributed by atoms with E-state index < -0.39 is 0 Å². The Morgan fingerprint density at radius 3 is 1.23 bits per heavy atom. The summed E-state index contributed by atoms with van der Waals surface area (Å²) < 4.78 is 5.41. The molecule has 1 aliphatic rings. The number of benzene rings is 1. The zero-order valence-corrected chi connectivity index (χ0v) is 38.0. The van der Waals surface area contributed by atoms with Crippen molar-refractivity contribution in [3.8, 4) is 0 Å². The number of carbonyl (C=O) groups excluding carboxylic acids is 2. The molecule has 2 rings (SSSR count). The van der Waals surface area contributed by atoms with Gasteiger partial charge in [0.15, 0.2) is 0 Å². The van der Waals surface area contributed by atoms with Crippen molar-refractivity contribution in [1.29, 1.82) is 0 Å². The maximum atomic E-state index is 13.9. The number of hydrogen-bond acceptors (Lipinski definition) is 3. The smallest absolute Gasteiger partial charge is 0.407 e. The highest BCUT2D eigenvalue weighted by atomic mass is 16.5. The first kappa shape index (κ1) is 51.1. The number of alkyl carbamates (subject to hydrolysis) is 1. The Bertz CT molecular complexity index is 987. The summed E-state index contributed by atoms with van der Waals surface area (Å²) >= 11 is 0. The van der Waals surface area contributed by atoms with E-state index in [4.69, 9.17) is 4.74 Å². The summed E-state index contributed by atoms with van der Waals surface area (Å²) in [5, 5.41) is 2.98. The first-order valence-electron chi connectivity index (χ1n) is 25.4. The van der Waals surface area contributed by atoms with Crippen molar-refractivity contribution in [1.82, 2.24) is 10.2 Å². The van der Waals surface area contributed by atoms with Crippen molar-refractivity contribution >= 4 is 12.0 Å². The molecule has 0 unspecified atom stereocenters. The van der Waals surface area contributed by atoms with Crippen LogP contribution in [0, 0.1) is 11.8 Å². The molecule has 0 aliphatic heterocycles. The molecule has 0 saturated heterocycles. The first-order valence-corrected chi connectivity index (χ1v) is 25.4. The van der Waals surface area contributed by atoms with E-state index in [-0.39, 0.29) is 12.0 Å². The zero-order valence-electron chi connectivity index (χ0n) is 38.0. The van der Waals surface area contributed by atoms with Crippen LogP contribution in [0.15, 0.2) is 30.3 Å². The predicted molar refractivity (Wildman–Crippen MR) is 246 cm³/mol. The van der Waals surface area contributed by atoms with Gasteiger partial charge in [-0.1, -0.05) is 237 Å². The Morgan fingerprint density at radius 2 is 0.860 bits per heavy atom. The second kappa shape index (κ2) is 38.2. The standard InChI is InChI=1S/C52H94N2O3/c1-3-5-7-9-11-13-15-17-19-21-23-25-27-29-31-36-44-54(45-37-32-30-28-26-24-22-20-18-16-14-12-10-8-6-4-2)51(55)50-42-40-48(41-43-50)46-53-52(56)57-47-49-38-34-33-35-39-49/h33-35,38-39,48,50H,3-32,36-37,40-47H2,1-2H3,(H,53,56). The number of amides is 2. The van der Waals surface area contributed by atoms with Crippen LogP contribution < -0.4 is 5.32 Å². The van der Waals surface area contributed by atoms with Gasteiger partial charge in [0.05, 0.1) is 0 Å². The van der Waals surface area contributed by atoms with Gasteiger partial charge < -0.3 is 15.0 Å². The van der Waals surface area contributed by atoms with E-state index in [1.165, 1.54) is 193 Å². The molecule has 0 spiro atoms. The zero-order chi connectivity index (χ0) is 40.7. The molecule has 0 bridgehead atoms. The van der Waals surface area contributed by atoms with Crippen molar-refractivity contribution < 1.29 is 14.3 Å². The van der Waals surface area contributed by atoms with E-state index in [0.29, 0.717) is 25.0 Å². The van der Waals surface area contributed by atoms with Gasteiger partial charge in [-0.2, -0.15) is 0 Å². The summed E-state index contributed by atoms with van der Waals surface area (Å²) in [5.41, 5.74) is 0.996. The Morgan fingerprint density at radius 1 is 0.509 bits per heavy atom. The van der Waals surface area contributed by atoms with Gasteiger partial charge >= 0.3 is 6.09 Å². The number of carbonyl (C=O) groups is 2. The molecule has 0 atom stereocenters. The molecule has 1 aromatic rings. The third-order valence-corrected chi connectivity index (χ3v) is 12.8. The second-order valence-corrected chi connectivity index (χ2v) is 18.1. The second-order valence-electron chi connectivity index (χ2n) is 18.1. The van der Waals surface area contributed by atoms with Crippen LogP contribution in [0.25, 0.3) is 0 Å². The number of rotatable bonds is 39. The summed E-state index contributed by atoms with van der Waals surface area (Å²) in [5.74, 6) is 0.978. The van der Waals surface area contributed by atoms with Crippen molar-refractivity contribution in [3.63, 3.8) is 0 Å². The third-order valence-electron chi connectivity index (χ3n) is 12.8. The fourth-order valence-electron chi connectivity index (χ4n) is 8.91. The molecule has 0 radical (unpaired) electrons. The number of nitrogens with one attached hydrogen (secondary N) is 1. The molecule has 1 N–H and O–H groups in total. The average molecular weight is 795 g/mol. The Balaban J connectivity index is 1.60. The van der Waals surface area contributed by atoms with E-state index >= 15 is 0 Å². The third kappa shape index (κ3) is 29.8. The summed E-state index contributed by atoms with van der Waals surface area (Å²) in [6, 6.07) is 9.82. The summed E-state index contributed by atoms with van der Waals surface area (Å²) in [6.45, 7) is 7.39. The lowest BCUT2D eigenvalue weighted by atomic mass is 9.81. The van der Waals surface area contributed by atoms with E-state index in [2.05, 4.69) is 24.1 Å².